The topological polar surface area (TPSA) is 65.7 Å². The molecule has 0 unspecified atom stereocenters. The van der Waals surface area contributed by atoms with Crippen LogP contribution in [0.25, 0.3) is 22.1 Å². The lowest BCUT2D eigenvalue weighted by Crippen LogP contribution is -2.52. The highest BCUT2D eigenvalue weighted by Gasteiger charge is 2.56. The fourth-order valence-electron chi connectivity index (χ4n) is 11.1. The monoisotopic (exact) mass is 712 g/mol. The Balaban J connectivity index is 0.959. The largest absolute Gasteiger partial charge is 0.480 e. The van der Waals surface area contributed by atoms with Gasteiger partial charge < -0.3 is 13.9 Å². The van der Waals surface area contributed by atoms with Gasteiger partial charge in [0.05, 0.1) is 5.02 Å². The van der Waals surface area contributed by atoms with Gasteiger partial charge in [-0.2, -0.15) is 0 Å². The van der Waals surface area contributed by atoms with Gasteiger partial charge in [0.15, 0.2) is 6.61 Å². The van der Waals surface area contributed by atoms with Crippen molar-refractivity contribution in [3.8, 4) is 16.9 Å². The summed E-state index contributed by atoms with van der Waals surface area (Å²) in [6.07, 6.45) is 17.4. The van der Waals surface area contributed by atoms with Gasteiger partial charge in [0.1, 0.15) is 17.4 Å². The number of esters is 1. The van der Waals surface area contributed by atoms with Gasteiger partial charge >= 0.3 is 11.6 Å². The van der Waals surface area contributed by atoms with Crippen molar-refractivity contribution in [2.24, 2.45) is 46.3 Å². The van der Waals surface area contributed by atoms with E-state index in [2.05, 4.69) is 40.7 Å². The van der Waals surface area contributed by atoms with Crippen LogP contribution in [-0.2, 0) is 9.53 Å². The third kappa shape index (κ3) is 7.44. The first-order valence-electron chi connectivity index (χ1n) is 19.8. The van der Waals surface area contributed by atoms with Gasteiger partial charge in [-0.1, -0.05) is 107 Å². The minimum absolute atomic E-state index is 0.142. The fraction of sp³-hybridized carbons (Fsp3) is 0.600. The van der Waals surface area contributed by atoms with Gasteiger partial charge in [0.2, 0.25) is 0 Å². The molecule has 4 aliphatic carbocycles. The predicted octanol–water partition coefficient (Wildman–Crippen LogP) is 11.8. The lowest BCUT2D eigenvalue weighted by Gasteiger charge is -2.61. The van der Waals surface area contributed by atoms with Gasteiger partial charge in [-0.25, -0.2) is 9.59 Å². The number of hydrogen-bond acceptors (Lipinski definition) is 5. The maximum absolute atomic E-state index is 13.1. The van der Waals surface area contributed by atoms with E-state index in [1.165, 1.54) is 69.4 Å². The number of carbonyl (C=O) groups excluding carboxylic acids is 1. The first-order chi connectivity index (χ1) is 24.4. The predicted molar refractivity (Wildman–Crippen MR) is 206 cm³/mol. The minimum atomic E-state index is -0.464. The SMILES string of the molecule is CC(C)CCC[C@H](C)[C@@H]1CC[C@@H]2[C@@H]3CC=C4C[C@H](OC(=O)COc5cc6oc(=O)cc(-c7ccccc7)c6cc5Cl)CC[C@]4(C)[C@H]3CC[C@]2(C)C1. The Morgan fingerprint density at radius 2 is 1.78 bits per heavy atom. The molecule has 0 N–H and O–H groups in total. The van der Waals surface area contributed by atoms with Crippen molar-refractivity contribution < 1.29 is 18.7 Å². The summed E-state index contributed by atoms with van der Waals surface area (Å²) in [7, 11) is 0. The van der Waals surface area contributed by atoms with Crippen LogP contribution >= 0.6 is 11.6 Å². The molecule has 6 heteroatoms. The van der Waals surface area contributed by atoms with Crippen molar-refractivity contribution >= 4 is 28.5 Å². The summed E-state index contributed by atoms with van der Waals surface area (Å²) in [5.74, 6) is 4.76. The molecule has 3 fully saturated rings. The number of carbonyl (C=O) groups is 1. The Morgan fingerprint density at radius 1 is 0.980 bits per heavy atom. The molecular formula is C45H57ClO5. The van der Waals surface area contributed by atoms with Crippen LogP contribution in [0, 0.1) is 46.3 Å². The Kier molecular flexibility index (Phi) is 10.5. The zero-order valence-electron chi connectivity index (χ0n) is 31.3. The number of ether oxygens (including phenoxy) is 2. The Hall–Kier alpha value is -3.05. The fourth-order valence-corrected chi connectivity index (χ4v) is 11.3. The number of allylic oxidation sites excluding steroid dienone is 1. The van der Waals surface area contributed by atoms with E-state index in [1.54, 1.807) is 12.1 Å². The highest BCUT2D eigenvalue weighted by atomic mass is 35.5. The molecule has 3 aromatic rings. The second-order valence-corrected chi connectivity index (χ2v) is 18.0. The van der Waals surface area contributed by atoms with Crippen LogP contribution in [0.1, 0.15) is 112 Å². The molecule has 0 aliphatic heterocycles. The van der Waals surface area contributed by atoms with Crippen LogP contribution in [-0.4, -0.2) is 18.7 Å². The number of halogens is 1. The first-order valence-corrected chi connectivity index (χ1v) is 20.2. The molecule has 7 rings (SSSR count). The van der Waals surface area contributed by atoms with E-state index in [0.717, 1.165) is 65.9 Å². The summed E-state index contributed by atoms with van der Waals surface area (Å²) in [5, 5.41) is 1.04. The maximum atomic E-state index is 13.1. The summed E-state index contributed by atoms with van der Waals surface area (Å²) in [5.41, 5.74) is 3.69. The molecule has 5 nitrogen and oxygen atoms in total. The number of hydrogen-bond donors (Lipinski definition) is 0. The van der Waals surface area contributed by atoms with Crippen LogP contribution in [0.4, 0.5) is 0 Å². The minimum Gasteiger partial charge on any atom is -0.480 e. The summed E-state index contributed by atoms with van der Waals surface area (Å²) < 4.78 is 17.4. The van der Waals surface area contributed by atoms with E-state index in [4.69, 9.17) is 25.5 Å². The van der Waals surface area contributed by atoms with E-state index < -0.39 is 11.6 Å². The first kappa shape index (κ1) is 36.3. The lowest BCUT2D eigenvalue weighted by molar-refractivity contribution is -0.154. The standard InChI is InChI=1S/C45H57ClO5/c1-28(2)10-9-11-29(3)31-14-17-37-34-16-15-32-22-33(18-21-45(32,5)38(34)19-20-44(37,4)26-31)50-43(48)27-49-41-25-40-36(23-39(41)46)35(24-42(47)51-40)30-12-7-6-8-13-30/h6-8,12-13,15,23-25,28-29,31,33-34,37-38H,9-11,14,16-22,26-27H2,1-5H3/t29-,31+,33+,34-,37+,38-,44+,45-/m0/s1. The van der Waals surface area contributed by atoms with Crippen LogP contribution in [0.2, 0.25) is 5.02 Å². The molecular weight excluding hydrogens is 656 g/mol. The molecule has 2 aromatic carbocycles. The molecule has 0 spiro atoms. The third-order valence-electron chi connectivity index (χ3n) is 13.9. The van der Waals surface area contributed by atoms with Crippen LogP contribution in [0.3, 0.4) is 0 Å². The van der Waals surface area contributed by atoms with Gasteiger partial charge in [0.25, 0.3) is 0 Å². The molecule has 3 saturated carbocycles. The number of fused-ring (bicyclic) bond motifs is 6. The summed E-state index contributed by atoms with van der Waals surface area (Å²) in [4.78, 5) is 25.5. The number of benzene rings is 2. The smallest absolute Gasteiger partial charge is 0.344 e. The summed E-state index contributed by atoms with van der Waals surface area (Å²) in [6.45, 7) is 12.1. The van der Waals surface area contributed by atoms with Crippen LogP contribution in [0.5, 0.6) is 5.75 Å². The summed E-state index contributed by atoms with van der Waals surface area (Å²) >= 11 is 6.62. The molecule has 274 valence electrons. The van der Waals surface area contributed by atoms with Crippen molar-refractivity contribution in [1.29, 1.82) is 0 Å². The van der Waals surface area contributed by atoms with Crippen LogP contribution in [0.15, 0.2) is 69.4 Å². The highest BCUT2D eigenvalue weighted by molar-refractivity contribution is 6.33. The maximum Gasteiger partial charge on any atom is 0.344 e. The van der Waals surface area contributed by atoms with Gasteiger partial charge in [-0.15, -0.1) is 0 Å². The van der Waals surface area contributed by atoms with E-state index in [9.17, 15) is 9.59 Å². The third-order valence-corrected chi connectivity index (χ3v) is 14.2. The lowest BCUT2D eigenvalue weighted by atomic mass is 9.44. The zero-order valence-corrected chi connectivity index (χ0v) is 32.1. The van der Waals surface area contributed by atoms with Gasteiger partial charge in [0, 0.05) is 23.9 Å². The Bertz CT molecular complexity index is 1810. The molecule has 8 atom stereocenters. The average Bonchev–Trinajstić information content (AvgIpc) is 3.10. The summed E-state index contributed by atoms with van der Waals surface area (Å²) in [6, 6.07) is 14.4. The number of rotatable bonds is 10. The molecule has 0 bridgehead atoms. The molecule has 1 heterocycles. The quantitative estimate of drug-likeness (QED) is 0.119. The van der Waals surface area contributed by atoms with Crippen molar-refractivity contribution in [1.82, 2.24) is 0 Å². The Morgan fingerprint density at radius 3 is 2.57 bits per heavy atom. The van der Waals surface area contributed by atoms with Crippen molar-refractivity contribution in [2.75, 3.05) is 6.61 Å². The van der Waals surface area contributed by atoms with E-state index in [0.29, 0.717) is 21.4 Å². The molecule has 51 heavy (non-hydrogen) atoms. The molecule has 1 aromatic heterocycles. The van der Waals surface area contributed by atoms with E-state index in [-0.39, 0.29) is 23.9 Å². The van der Waals surface area contributed by atoms with Crippen molar-refractivity contribution in [2.45, 2.75) is 118 Å². The average molecular weight is 713 g/mol. The van der Waals surface area contributed by atoms with E-state index >= 15 is 0 Å². The second-order valence-electron chi connectivity index (χ2n) is 17.6. The molecule has 0 amide bonds. The van der Waals surface area contributed by atoms with Gasteiger partial charge in [-0.05, 0) is 115 Å². The second kappa shape index (κ2) is 14.8. The molecule has 0 radical (unpaired) electrons. The molecule has 0 saturated heterocycles. The van der Waals surface area contributed by atoms with Gasteiger partial charge in [-0.3, -0.25) is 0 Å². The zero-order chi connectivity index (χ0) is 35.9. The van der Waals surface area contributed by atoms with Crippen molar-refractivity contribution in [3.63, 3.8) is 0 Å². The van der Waals surface area contributed by atoms with E-state index in [1.807, 2.05) is 30.3 Å². The van der Waals surface area contributed by atoms with Crippen LogP contribution < -0.4 is 10.4 Å². The van der Waals surface area contributed by atoms with Crippen molar-refractivity contribution in [3.05, 3.63) is 75.6 Å². The molecule has 4 aliphatic rings. The normalized spacial score (nSPS) is 30.9. The highest BCUT2D eigenvalue weighted by Crippen LogP contribution is 2.65. The Labute approximate surface area is 309 Å².